The summed E-state index contributed by atoms with van der Waals surface area (Å²) in [7, 11) is -1.82. The third-order valence-electron chi connectivity index (χ3n) is 3.66. The minimum atomic E-state index is -3.44. The number of oxime groups is 1. The van der Waals surface area contributed by atoms with Gasteiger partial charge in [0, 0.05) is 23.9 Å². The molecule has 0 aliphatic heterocycles. The fraction of sp³-hybridized carbons (Fsp3) is 0.278. The fourth-order valence-electron chi connectivity index (χ4n) is 2.22. The second kappa shape index (κ2) is 8.13. The fourth-order valence-corrected chi connectivity index (χ4v) is 2.91. The first-order chi connectivity index (χ1) is 11.9. The summed E-state index contributed by atoms with van der Waals surface area (Å²) in [6.45, 7) is 3.71. The van der Waals surface area contributed by atoms with Crippen LogP contribution in [0.15, 0.2) is 53.7 Å². The molecule has 0 heterocycles. The molecular weight excluding hydrogens is 340 g/mol. The van der Waals surface area contributed by atoms with E-state index in [9.17, 15) is 13.6 Å². The van der Waals surface area contributed by atoms with E-state index in [1.807, 2.05) is 24.3 Å². The summed E-state index contributed by atoms with van der Waals surface area (Å²) >= 11 is 0. The van der Waals surface area contributed by atoms with E-state index in [0.29, 0.717) is 29.1 Å². The molecule has 2 aromatic rings. The molecule has 2 aromatic carbocycles. The van der Waals surface area contributed by atoms with E-state index < -0.39 is 15.3 Å². The van der Waals surface area contributed by atoms with Gasteiger partial charge in [0.15, 0.2) is 0 Å². The van der Waals surface area contributed by atoms with Crippen molar-refractivity contribution in [1.82, 2.24) is 0 Å². The molecule has 0 unspecified atom stereocenters. The van der Waals surface area contributed by atoms with Crippen molar-refractivity contribution in [3.63, 3.8) is 0 Å². The number of nitrogens with zero attached hydrogens (tertiary/aromatic N) is 1. The van der Waals surface area contributed by atoms with Gasteiger partial charge in [0.05, 0.1) is 11.9 Å². The maximum absolute atomic E-state index is 12.0. The molecule has 0 radical (unpaired) electrons. The average Bonchev–Trinajstić information content (AvgIpc) is 2.57. The highest BCUT2D eigenvalue weighted by molar-refractivity contribution is 7.93. The molecule has 0 aliphatic rings. The number of rotatable bonds is 7. The van der Waals surface area contributed by atoms with Crippen LogP contribution in [0.25, 0.3) is 0 Å². The van der Waals surface area contributed by atoms with Crippen LogP contribution >= 0.6 is 0 Å². The predicted octanol–water partition coefficient (Wildman–Crippen LogP) is 3.21. The van der Waals surface area contributed by atoms with Gasteiger partial charge < -0.3 is 9.94 Å². The summed E-state index contributed by atoms with van der Waals surface area (Å²) in [6, 6.07) is 14.2. The van der Waals surface area contributed by atoms with Gasteiger partial charge in [0.1, 0.15) is 5.71 Å². The van der Waals surface area contributed by atoms with E-state index in [1.165, 1.54) is 0 Å². The van der Waals surface area contributed by atoms with Crippen molar-refractivity contribution in [2.75, 3.05) is 11.8 Å². The molecule has 2 rings (SSSR count). The molecular formula is C18H22N2O4S. The van der Waals surface area contributed by atoms with E-state index >= 15 is 0 Å². The van der Waals surface area contributed by atoms with E-state index in [1.54, 1.807) is 45.2 Å². The Morgan fingerprint density at radius 2 is 1.84 bits per heavy atom. The summed E-state index contributed by atoms with van der Waals surface area (Å²) in [5, 5.41) is 12.3. The molecule has 0 aliphatic carbocycles. The standard InChI is InChI=1S/C18H22N2O4S/c1-13(2)25(22,23)20-17-6-4-5-16(11-17)18(19-21)15-9-7-14(8-10-15)12-24-3/h4-11,13,20-21H,12H2,1-3H3/b19-18-. The topological polar surface area (TPSA) is 88.0 Å². The number of methoxy groups -OCH3 is 1. The molecule has 0 amide bonds. The monoisotopic (exact) mass is 362 g/mol. The summed E-state index contributed by atoms with van der Waals surface area (Å²) in [5.41, 5.74) is 3.09. The molecule has 0 spiro atoms. The van der Waals surface area contributed by atoms with Crippen molar-refractivity contribution in [2.45, 2.75) is 25.7 Å². The molecule has 6 nitrogen and oxygen atoms in total. The predicted molar refractivity (Wildman–Crippen MR) is 98.7 cm³/mol. The lowest BCUT2D eigenvalue weighted by Crippen LogP contribution is -2.22. The number of hydrogen-bond donors (Lipinski definition) is 2. The van der Waals surface area contributed by atoms with Crippen molar-refractivity contribution in [3.05, 3.63) is 65.2 Å². The Bertz CT molecular complexity index is 844. The number of sulfonamides is 1. The zero-order chi connectivity index (χ0) is 18.4. The van der Waals surface area contributed by atoms with Crippen LogP contribution in [0.4, 0.5) is 5.69 Å². The van der Waals surface area contributed by atoms with Crippen LogP contribution in [-0.2, 0) is 21.4 Å². The van der Waals surface area contributed by atoms with Gasteiger partial charge in [-0.15, -0.1) is 0 Å². The summed E-state index contributed by atoms with van der Waals surface area (Å²) < 4.78 is 31.6. The van der Waals surface area contributed by atoms with Crippen LogP contribution in [0, 0.1) is 0 Å². The normalized spacial score (nSPS) is 12.4. The van der Waals surface area contributed by atoms with Crippen LogP contribution in [0.2, 0.25) is 0 Å². The molecule has 0 aromatic heterocycles. The van der Waals surface area contributed by atoms with Gasteiger partial charge in [-0.3, -0.25) is 4.72 Å². The molecule has 7 heteroatoms. The zero-order valence-electron chi connectivity index (χ0n) is 14.4. The maximum Gasteiger partial charge on any atom is 0.235 e. The number of ether oxygens (including phenoxy) is 1. The van der Waals surface area contributed by atoms with E-state index in [0.717, 1.165) is 5.56 Å². The molecule has 0 atom stereocenters. The number of benzene rings is 2. The van der Waals surface area contributed by atoms with Gasteiger partial charge in [-0.1, -0.05) is 41.6 Å². The molecule has 0 bridgehead atoms. The Morgan fingerprint density at radius 3 is 2.40 bits per heavy atom. The van der Waals surface area contributed by atoms with Crippen LogP contribution in [0.1, 0.15) is 30.5 Å². The van der Waals surface area contributed by atoms with Crippen LogP contribution < -0.4 is 4.72 Å². The Labute approximate surface area is 148 Å². The Kier molecular flexibility index (Phi) is 6.17. The maximum atomic E-state index is 12.0. The minimum absolute atomic E-state index is 0.356. The van der Waals surface area contributed by atoms with E-state index in [-0.39, 0.29) is 0 Å². The van der Waals surface area contributed by atoms with Crippen molar-refractivity contribution in [2.24, 2.45) is 5.16 Å². The quantitative estimate of drug-likeness (QED) is 0.450. The summed E-state index contributed by atoms with van der Waals surface area (Å²) in [5.74, 6) is 0. The average molecular weight is 362 g/mol. The molecule has 0 saturated heterocycles. The smallest absolute Gasteiger partial charge is 0.235 e. The Balaban J connectivity index is 2.31. The van der Waals surface area contributed by atoms with Gasteiger partial charge >= 0.3 is 0 Å². The number of hydrogen-bond acceptors (Lipinski definition) is 5. The number of anilines is 1. The lowest BCUT2D eigenvalue weighted by atomic mass is 10.0. The first-order valence-corrected chi connectivity index (χ1v) is 9.34. The van der Waals surface area contributed by atoms with Gasteiger partial charge in [0.25, 0.3) is 0 Å². The molecule has 0 saturated carbocycles. The number of nitrogens with one attached hydrogen (secondary N) is 1. The summed E-state index contributed by atoms with van der Waals surface area (Å²) in [6.07, 6.45) is 0. The van der Waals surface area contributed by atoms with Crippen molar-refractivity contribution in [3.8, 4) is 0 Å². The lowest BCUT2D eigenvalue weighted by molar-refractivity contribution is 0.185. The first kappa shape index (κ1) is 19.0. The Morgan fingerprint density at radius 1 is 1.16 bits per heavy atom. The highest BCUT2D eigenvalue weighted by atomic mass is 32.2. The van der Waals surface area contributed by atoms with E-state index in [2.05, 4.69) is 9.88 Å². The van der Waals surface area contributed by atoms with Crippen molar-refractivity contribution in [1.29, 1.82) is 0 Å². The highest BCUT2D eigenvalue weighted by Gasteiger charge is 2.16. The minimum Gasteiger partial charge on any atom is -0.410 e. The lowest BCUT2D eigenvalue weighted by Gasteiger charge is -2.12. The second-order valence-corrected chi connectivity index (χ2v) is 8.09. The summed E-state index contributed by atoms with van der Waals surface area (Å²) in [4.78, 5) is 0. The Hall–Kier alpha value is -2.38. The first-order valence-electron chi connectivity index (χ1n) is 7.79. The van der Waals surface area contributed by atoms with E-state index in [4.69, 9.17) is 4.74 Å². The van der Waals surface area contributed by atoms with Crippen molar-refractivity contribution < 1.29 is 18.4 Å². The van der Waals surface area contributed by atoms with Gasteiger partial charge in [-0.2, -0.15) is 0 Å². The molecule has 134 valence electrons. The molecule has 0 fully saturated rings. The molecule has 25 heavy (non-hydrogen) atoms. The largest absolute Gasteiger partial charge is 0.410 e. The third kappa shape index (κ3) is 4.80. The SMILES string of the molecule is COCc1ccc(/C(=N/O)c2cccc(NS(=O)(=O)C(C)C)c2)cc1. The van der Waals surface area contributed by atoms with Gasteiger partial charge in [-0.25, -0.2) is 8.42 Å². The van der Waals surface area contributed by atoms with Crippen molar-refractivity contribution >= 4 is 21.4 Å². The second-order valence-electron chi connectivity index (χ2n) is 5.86. The zero-order valence-corrected chi connectivity index (χ0v) is 15.2. The van der Waals surface area contributed by atoms with Gasteiger partial charge in [-0.05, 0) is 31.5 Å². The molecule has 2 N–H and O–H groups in total. The highest BCUT2D eigenvalue weighted by Crippen LogP contribution is 2.18. The van der Waals surface area contributed by atoms with Crippen LogP contribution in [-0.4, -0.2) is 31.7 Å². The third-order valence-corrected chi connectivity index (χ3v) is 5.42. The van der Waals surface area contributed by atoms with Crippen LogP contribution in [0.3, 0.4) is 0 Å². The van der Waals surface area contributed by atoms with Gasteiger partial charge in [0.2, 0.25) is 10.0 Å². The van der Waals surface area contributed by atoms with Crippen LogP contribution in [0.5, 0.6) is 0 Å².